The number of halogens is 1. The molecule has 1 aromatic heterocycles. The second-order valence-corrected chi connectivity index (χ2v) is 5.13. The second kappa shape index (κ2) is 6.50. The molecule has 3 aromatic rings. The molecular weight excluding hydrogens is 333 g/mol. The molecule has 0 aliphatic heterocycles. The van der Waals surface area contributed by atoms with Crippen molar-refractivity contribution in [2.75, 3.05) is 0 Å². The molecule has 0 bridgehead atoms. The molecule has 0 saturated carbocycles. The third-order valence-electron chi connectivity index (χ3n) is 3.17. The van der Waals surface area contributed by atoms with Crippen LogP contribution < -0.4 is 0 Å². The molecule has 0 radical (unpaired) electrons. The second-order valence-electron chi connectivity index (χ2n) is 4.74. The lowest BCUT2D eigenvalue weighted by atomic mass is 10.2. The van der Waals surface area contributed by atoms with Crippen LogP contribution in [0.25, 0.3) is 11.4 Å². The summed E-state index contributed by atoms with van der Waals surface area (Å²) in [6.07, 6.45) is 1.39. The van der Waals surface area contributed by atoms with Gasteiger partial charge in [-0.2, -0.15) is 14.9 Å². The van der Waals surface area contributed by atoms with Crippen molar-refractivity contribution in [3.05, 3.63) is 74.8 Å². The molecule has 0 spiro atoms. The van der Waals surface area contributed by atoms with Crippen LogP contribution in [-0.4, -0.2) is 26.0 Å². The first kappa shape index (κ1) is 15.7. The molecule has 0 aliphatic rings. The summed E-state index contributed by atoms with van der Waals surface area (Å²) in [5.41, 5.74) is 0.692. The largest absolute Gasteiger partial charge is 0.270 e. The van der Waals surface area contributed by atoms with Gasteiger partial charge in [-0.15, -0.1) is 0 Å². The predicted molar refractivity (Wildman–Crippen MR) is 88.9 cm³/mol. The summed E-state index contributed by atoms with van der Waals surface area (Å²) >= 11 is 5.10. The van der Waals surface area contributed by atoms with E-state index >= 15 is 0 Å². The van der Waals surface area contributed by atoms with Gasteiger partial charge in [-0.3, -0.25) is 10.1 Å². The molecule has 3 rings (SSSR count). The summed E-state index contributed by atoms with van der Waals surface area (Å²) < 4.78 is 15.4. The maximum absolute atomic E-state index is 13.9. The van der Waals surface area contributed by atoms with Crippen molar-refractivity contribution in [2.24, 2.45) is 5.10 Å². The van der Waals surface area contributed by atoms with E-state index in [9.17, 15) is 14.5 Å². The Balaban J connectivity index is 2.01. The highest BCUT2D eigenvalue weighted by Gasteiger charge is 2.12. The van der Waals surface area contributed by atoms with E-state index in [1.807, 2.05) is 0 Å². The molecule has 0 aliphatic carbocycles. The minimum atomic E-state index is -0.494. The van der Waals surface area contributed by atoms with Crippen LogP contribution in [-0.2, 0) is 0 Å². The van der Waals surface area contributed by atoms with Gasteiger partial charge in [-0.05, 0) is 24.4 Å². The molecule has 2 aromatic carbocycles. The summed E-state index contributed by atoms with van der Waals surface area (Å²) in [6.45, 7) is 0. The Morgan fingerprint density at radius 2 is 2.08 bits per heavy atom. The Bertz CT molecular complexity index is 995. The number of nitrogens with one attached hydrogen (secondary N) is 1. The fraction of sp³-hybridized carbons (Fsp3) is 0. The molecule has 24 heavy (non-hydrogen) atoms. The van der Waals surface area contributed by atoms with Gasteiger partial charge in [0.1, 0.15) is 5.82 Å². The van der Waals surface area contributed by atoms with Gasteiger partial charge in [-0.1, -0.05) is 24.3 Å². The van der Waals surface area contributed by atoms with Gasteiger partial charge in [0.2, 0.25) is 4.77 Å². The van der Waals surface area contributed by atoms with Crippen molar-refractivity contribution < 1.29 is 9.31 Å². The zero-order chi connectivity index (χ0) is 17.1. The number of nitrogens with zero attached hydrogens (tertiary/aromatic N) is 4. The van der Waals surface area contributed by atoms with Gasteiger partial charge >= 0.3 is 0 Å². The van der Waals surface area contributed by atoms with Crippen LogP contribution in [0.4, 0.5) is 10.1 Å². The number of nitro groups is 1. The summed E-state index contributed by atoms with van der Waals surface area (Å²) in [4.78, 5) is 10.3. The average molecular weight is 343 g/mol. The Hall–Kier alpha value is -3.20. The number of aromatic nitrogens is 3. The zero-order valence-corrected chi connectivity index (χ0v) is 12.9. The molecule has 1 N–H and O–H groups in total. The number of hydrogen-bond donors (Lipinski definition) is 1. The maximum Gasteiger partial charge on any atom is 0.270 e. The topological polar surface area (TPSA) is 89.1 Å². The van der Waals surface area contributed by atoms with Crippen LogP contribution in [0.15, 0.2) is 53.6 Å². The molecule has 0 atom stereocenters. The quantitative estimate of drug-likeness (QED) is 0.340. The number of H-pyrrole nitrogens is 1. The summed E-state index contributed by atoms with van der Waals surface area (Å²) in [7, 11) is 0. The Labute approximate surface area is 140 Å². The van der Waals surface area contributed by atoms with E-state index in [0.717, 1.165) is 0 Å². The van der Waals surface area contributed by atoms with Crippen LogP contribution in [0.2, 0.25) is 0 Å². The molecule has 0 fully saturated rings. The minimum absolute atomic E-state index is 0.0518. The number of hydrogen-bond acceptors (Lipinski definition) is 5. The first-order chi connectivity index (χ1) is 11.6. The van der Waals surface area contributed by atoms with Gasteiger partial charge in [-0.25, -0.2) is 9.49 Å². The highest BCUT2D eigenvalue weighted by molar-refractivity contribution is 7.71. The van der Waals surface area contributed by atoms with Gasteiger partial charge in [0.05, 0.1) is 16.7 Å². The fourth-order valence-corrected chi connectivity index (χ4v) is 2.24. The van der Waals surface area contributed by atoms with Crippen molar-refractivity contribution in [3.8, 4) is 11.4 Å². The Morgan fingerprint density at radius 1 is 1.29 bits per heavy atom. The van der Waals surface area contributed by atoms with Crippen LogP contribution in [0.1, 0.15) is 5.56 Å². The number of non-ortho nitro benzene ring substituents is 1. The molecular formula is C15H10FN5O2S. The first-order valence-electron chi connectivity index (χ1n) is 6.77. The molecule has 120 valence electrons. The molecule has 9 heteroatoms. The minimum Gasteiger partial charge on any atom is -0.258 e. The lowest BCUT2D eigenvalue weighted by Gasteiger charge is -2.02. The van der Waals surface area contributed by atoms with E-state index in [-0.39, 0.29) is 21.8 Å². The third kappa shape index (κ3) is 3.10. The average Bonchev–Trinajstić information content (AvgIpc) is 2.94. The fourth-order valence-electron chi connectivity index (χ4n) is 2.06. The number of nitro benzene ring substituents is 1. The molecule has 1 heterocycles. The SMILES string of the molecule is O=[N+]([O-])c1cccc(C=Nn2c(-c3ccccc3F)n[nH]c2=S)c1. The molecule has 7 nitrogen and oxygen atoms in total. The summed E-state index contributed by atoms with van der Waals surface area (Å²) in [6, 6.07) is 12.1. The van der Waals surface area contributed by atoms with Crippen molar-refractivity contribution in [2.45, 2.75) is 0 Å². The van der Waals surface area contributed by atoms with Crippen LogP contribution in [0, 0.1) is 20.7 Å². The molecule has 0 saturated heterocycles. The monoisotopic (exact) mass is 343 g/mol. The van der Waals surface area contributed by atoms with Crippen LogP contribution in [0.5, 0.6) is 0 Å². The first-order valence-corrected chi connectivity index (χ1v) is 7.18. The van der Waals surface area contributed by atoms with E-state index in [1.54, 1.807) is 30.3 Å². The van der Waals surface area contributed by atoms with Gasteiger partial charge in [0.15, 0.2) is 5.82 Å². The third-order valence-corrected chi connectivity index (χ3v) is 3.43. The molecule has 0 unspecified atom stereocenters. The van der Waals surface area contributed by atoms with Gasteiger partial charge < -0.3 is 0 Å². The zero-order valence-electron chi connectivity index (χ0n) is 12.1. The van der Waals surface area contributed by atoms with E-state index in [1.165, 1.54) is 29.1 Å². The maximum atomic E-state index is 13.9. The van der Waals surface area contributed by atoms with E-state index in [0.29, 0.717) is 5.56 Å². The number of rotatable bonds is 4. The highest BCUT2D eigenvalue weighted by atomic mass is 32.1. The summed E-state index contributed by atoms with van der Waals surface area (Å²) in [5, 5.41) is 21.5. The van der Waals surface area contributed by atoms with Crippen molar-refractivity contribution in [3.63, 3.8) is 0 Å². The normalized spacial score (nSPS) is 11.0. The van der Waals surface area contributed by atoms with E-state index in [4.69, 9.17) is 12.2 Å². The number of benzene rings is 2. The van der Waals surface area contributed by atoms with E-state index in [2.05, 4.69) is 15.3 Å². The summed E-state index contributed by atoms with van der Waals surface area (Å²) in [5.74, 6) is -0.252. The van der Waals surface area contributed by atoms with Crippen molar-refractivity contribution in [1.82, 2.24) is 14.9 Å². The standard InChI is InChI=1S/C15H10FN5O2S/c16-13-7-2-1-6-12(13)14-18-19-15(24)20(14)17-9-10-4-3-5-11(8-10)21(22)23/h1-9H,(H,19,24). The van der Waals surface area contributed by atoms with Crippen molar-refractivity contribution >= 4 is 24.1 Å². The van der Waals surface area contributed by atoms with E-state index < -0.39 is 10.7 Å². The molecule has 0 amide bonds. The number of aromatic amines is 1. The highest BCUT2D eigenvalue weighted by Crippen LogP contribution is 2.20. The smallest absolute Gasteiger partial charge is 0.258 e. The lowest BCUT2D eigenvalue weighted by molar-refractivity contribution is -0.384. The van der Waals surface area contributed by atoms with Gasteiger partial charge in [0, 0.05) is 17.7 Å². The van der Waals surface area contributed by atoms with Gasteiger partial charge in [0.25, 0.3) is 5.69 Å². The Kier molecular flexibility index (Phi) is 4.25. The van der Waals surface area contributed by atoms with Crippen LogP contribution >= 0.6 is 12.2 Å². The Morgan fingerprint density at radius 3 is 2.83 bits per heavy atom. The van der Waals surface area contributed by atoms with Crippen molar-refractivity contribution in [1.29, 1.82) is 0 Å². The predicted octanol–water partition coefficient (Wildman–Crippen LogP) is 3.54. The van der Waals surface area contributed by atoms with Crippen LogP contribution in [0.3, 0.4) is 0 Å². The lowest BCUT2D eigenvalue weighted by Crippen LogP contribution is -1.97.